The number of aliphatic hydroxyl groups is 3. The lowest BCUT2D eigenvalue weighted by Gasteiger charge is -2.10. The molecular weight excluding hydrogens is 336 g/mol. The monoisotopic (exact) mass is 366 g/mol. The Bertz CT molecular complexity index is 811. The van der Waals surface area contributed by atoms with Gasteiger partial charge in [-0.2, -0.15) is 0 Å². The van der Waals surface area contributed by atoms with Crippen molar-refractivity contribution in [2.75, 3.05) is 0 Å². The number of allylic oxidation sites excluding steroid dienone is 3. The first-order valence-corrected chi connectivity index (χ1v) is 9.32. The van der Waals surface area contributed by atoms with Crippen LogP contribution in [0.2, 0.25) is 0 Å². The Hall–Kier alpha value is -2.20. The molecule has 144 valence electrons. The van der Waals surface area contributed by atoms with Crippen LogP contribution in [0.5, 0.6) is 0 Å². The van der Waals surface area contributed by atoms with Gasteiger partial charge in [-0.25, -0.2) is 0 Å². The second-order valence-electron chi connectivity index (χ2n) is 7.48. The first-order valence-electron chi connectivity index (χ1n) is 9.32. The second-order valence-corrected chi connectivity index (χ2v) is 7.48. The van der Waals surface area contributed by atoms with Gasteiger partial charge in [0.2, 0.25) is 0 Å². The van der Waals surface area contributed by atoms with Gasteiger partial charge in [0.1, 0.15) is 0 Å². The third kappa shape index (κ3) is 6.79. The lowest BCUT2D eigenvalue weighted by Crippen LogP contribution is -2.13. The van der Waals surface area contributed by atoms with E-state index in [1.54, 1.807) is 19.9 Å². The van der Waals surface area contributed by atoms with Gasteiger partial charge >= 0.3 is 0 Å². The molecule has 0 radical (unpaired) electrons. The normalized spacial score (nSPS) is 12.7. The average molecular weight is 367 g/mol. The van der Waals surface area contributed by atoms with Gasteiger partial charge in [0.15, 0.2) is 0 Å². The van der Waals surface area contributed by atoms with Gasteiger partial charge in [-0.3, -0.25) is 0 Å². The van der Waals surface area contributed by atoms with Crippen LogP contribution in [0.1, 0.15) is 48.6 Å². The molecule has 0 aliphatic heterocycles. The van der Waals surface area contributed by atoms with Crippen LogP contribution in [0.4, 0.5) is 0 Å². The van der Waals surface area contributed by atoms with Crippen molar-refractivity contribution in [3.63, 3.8) is 0 Å². The fourth-order valence-electron chi connectivity index (χ4n) is 2.92. The van der Waals surface area contributed by atoms with Gasteiger partial charge in [-0.15, -0.1) is 0 Å². The Morgan fingerprint density at radius 2 is 1.59 bits per heavy atom. The summed E-state index contributed by atoms with van der Waals surface area (Å²) >= 11 is 0. The highest BCUT2D eigenvalue weighted by Gasteiger charge is 2.06. The van der Waals surface area contributed by atoms with Gasteiger partial charge in [0, 0.05) is 0 Å². The number of aryl methyl sites for hydroxylation is 2. The molecule has 0 aromatic heterocycles. The minimum Gasteiger partial charge on any atom is -0.392 e. The van der Waals surface area contributed by atoms with E-state index >= 15 is 0 Å². The average Bonchev–Trinajstić information content (AvgIpc) is 2.65. The molecule has 27 heavy (non-hydrogen) atoms. The predicted molar refractivity (Wildman–Crippen MR) is 111 cm³/mol. The van der Waals surface area contributed by atoms with Gasteiger partial charge in [0.05, 0.1) is 18.8 Å². The number of benzene rings is 2. The number of rotatable bonds is 8. The quantitative estimate of drug-likeness (QED) is 0.614. The number of hydrogen-bond donors (Lipinski definition) is 3. The fraction of sp³-hybridized carbons (Fsp3) is 0.333. The Balaban J connectivity index is 2.07. The van der Waals surface area contributed by atoms with Crippen molar-refractivity contribution in [2.24, 2.45) is 0 Å². The molecule has 0 atom stereocenters. The minimum atomic E-state index is -0.808. The summed E-state index contributed by atoms with van der Waals surface area (Å²) in [6.45, 7) is 5.47. The summed E-state index contributed by atoms with van der Waals surface area (Å²) in [7, 11) is 0. The fourth-order valence-corrected chi connectivity index (χ4v) is 2.92. The van der Waals surface area contributed by atoms with Crippen molar-refractivity contribution in [2.45, 2.75) is 52.4 Å². The largest absolute Gasteiger partial charge is 0.392 e. The maximum absolute atomic E-state index is 9.75. The molecule has 3 heteroatoms. The standard InChI is InChI=1S/C24H30O3/c1-18(6-5-13-24(2,3)27)21-8-4-7-19(14-21)9-10-20-11-12-22(16-25)23(15-20)17-26/h4-8,11-15,25-27H,9-10,16-17H2,1-3H3/b13-5+,18-6+. The van der Waals surface area contributed by atoms with Crippen molar-refractivity contribution >= 4 is 5.57 Å². The molecule has 0 bridgehead atoms. The summed E-state index contributed by atoms with van der Waals surface area (Å²) in [6, 6.07) is 14.3. The molecule has 0 unspecified atom stereocenters. The molecule has 3 N–H and O–H groups in total. The molecule has 0 spiro atoms. The van der Waals surface area contributed by atoms with E-state index in [0.29, 0.717) is 0 Å². The van der Waals surface area contributed by atoms with Crippen molar-refractivity contribution in [1.82, 2.24) is 0 Å². The second kappa shape index (κ2) is 9.65. The highest BCUT2D eigenvalue weighted by atomic mass is 16.3. The molecule has 0 saturated carbocycles. The first-order chi connectivity index (χ1) is 12.8. The van der Waals surface area contributed by atoms with Gasteiger partial charge < -0.3 is 15.3 Å². The SMILES string of the molecule is C/C(=C\C=C\C(C)(C)O)c1cccc(CCc2ccc(CO)c(CO)c2)c1. The van der Waals surface area contributed by atoms with Crippen LogP contribution < -0.4 is 0 Å². The zero-order valence-electron chi connectivity index (χ0n) is 16.4. The summed E-state index contributed by atoms with van der Waals surface area (Å²) < 4.78 is 0. The molecular formula is C24H30O3. The highest BCUT2D eigenvalue weighted by molar-refractivity contribution is 5.65. The summed E-state index contributed by atoms with van der Waals surface area (Å²) in [5, 5.41) is 28.5. The predicted octanol–water partition coefficient (Wildman–Crippen LogP) is 4.19. The van der Waals surface area contributed by atoms with E-state index in [1.165, 1.54) is 11.1 Å². The molecule has 0 amide bonds. The molecule has 0 aliphatic rings. The van der Waals surface area contributed by atoms with Crippen LogP contribution in [0.25, 0.3) is 5.57 Å². The molecule has 0 heterocycles. The zero-order chi connectivity index (χ0) is 19.9. The van der Waals surface area contributed by atoms with Crippen LogP contribution >= 0.6 is 0 Å². The van der Waals surface area contributed by atoms with E-state index < -0.39 is 5.60 Å². The summed E-state index contributed by atoms with van der Waals surface area (Å²) in [5.41, 5.74) is 5.49. The first kappa shape index (κ1) is 21.1. The van der Waals surface area contributed by atoms with E-state index in [2.05, 4.69) is 31.2 Å². The van der Waals surface area contributed by atoms with Crippen LogP contribution in [-0.4, -0.2) is 20.9 Å². The van der Waals surface area contributed by atoms with Crippen molar-refractivity contribution < 1.29 is 15.3 Å². The van der Waals surface area contributed by atoms with Crippen LogP contribution in [0.15, 0.2) is 60.7 Å². The minimum absolute atomic E-state index is 0.0499. The maximum Gasteiger partial charge on any atom is 0.0774 e. The lowest BCUT2D eigenvalue weighted by atomic mass is 9.97. The molecule has 2 rings (SSSR count). The maximum atomic E-state index is 9.75. The molecule has 0 aliphatic carbocycles. The number of hydrogen-bond acceptors (Lipinski definition) is 3. The van der Waals surface area contributed by atoms with Crippen LogP contribution in [-0.2, 0) is 26.1 Å². The summed E-state index contributed by atoms with van der Waals surface area (Å²) in [6.07, 6.45) is 7.46. The van der Waals surface area contributed by atoms with Crippen LogP contribution in [0.3, 0.4) is 0 Å². The molecule has 2 aromatic carbocycles. The Morgan fingerprint density at radius 1 is 0.926 bits per heavy atom. The lowest BCUT2D eigenvalue weighted by molar-refractivity contribution is 0.133. The Labute approximate surface area is 162 Å². The van der Waals surface area contributed by atoms with Crippen LogP contribution in [0, 0.1) is 0 Å². The van der Waals surface area contributed by atoms with Crippen molar-refractivity contribution in [1.29, 1.82) is 0 Å². The van der Waals surface area contributed by atoms with E-state index in [4.69, 9.17) is 0 Å². The highest BCUT2D eigenvalue weighted by Crippen LogP contribution is 2.19. The van der Waals surface area contributed by atoms with E-state index in [0.717, 1.165) is 35.1 Å². The van der Waals surface area contributed by atoms with E-state index in [9.17, 15) is 15.3 Å². The number of aliphatic hydroxyl groups excluding tert-OH is 2. The Morgan fingerprint density at radius 3 is 2.22 bits per heavy atom. The van der Waals surface area contributed by atoms with E-state index in [1.807, 2.05) is 30.4 Å². The van der Waals surface area contributed by atoms with Crippen molar-refractivity contribution in [3.05, 3.63) is 88.5 Å². The molecule has 2 aromatic rings. The molecule has 0 saturated heterocycles. The van der Waals surface area contributed by atoms with E-state index in [-0.39, 0.29) is 13.2 Å². The van der Waals surface area contributed by atoms with Gasteiger partial charge in [0.25, 0.3) is 0 Å². The topological polar surface area (TPSA) is 60.7 Å². The smallest absolute Gasteiger partial charge is 0.0774 e. The summed E-state index contributed by atoms with van der Waals surface area (Å²) in [4.78, 5) is 0. The third-order valence-electron chi connectivity index (χ3n) is 4.55. The van der Waals surface area contributed by atoms with Gasteiger partial charge in [-0.1, -0.05) is 60.7 Å². The third-order valence-corrected chi connectivity index (χ3v) is 4.55. The summed E-state index contributed by atoms with van der Waals surface area (Å²) in [5.74, 6) is 0. The van der Waals surface area contributed by atoms with Crippen molar-refractivity contribution in [3.8, 4) is 0 Å². The molecule has 0 fully saturated rings. The van der Waals surface area contributed by atoms with Gasteiger partial charge in [-0.05, 0) is 67.0 Å². The Kier molecular flexibility index (Phi) is 7.55. The molecule has 3 nitrogen and oxygen atoms in total. The zero-order valence-corrected chi connectivity index (χ0v) is 16.4.